The number of aromatic amines is 1. The van der Waals surface area contributed by atoms with Crippen molar-refractivity contribution in [3.8, 4) is 0 Å². The standard InChI is InChI=1S/C15H12N2O2S2/c1-9-7-20-14-12(9)13(19)16-15(17-14)21-8-11(18)10-5-3-2-4-6-10/h2-7H,8H2,1H3,(H,16,17,19). The maximum atomic E-state index is 12.0. The fraction of sp³-hybridized carbons (Fsp3) is 0.133. The molecular weight excluding hydrogens is 304 g/mol. The number of carbonyl (C=O) groups is 1. The van der Waals surface area contributed by atoms with Gasteiger partial charge in [0, 0.05) is 5.56 Å². The second-order valence-corrected chi connectivity index (χ2v) is 6.37. The fourth-order valence-electron chi connectivity index (χ4n) is 1.98. The average Bonchev–Trinajstić information content (AvgIpc) is 2.87. The number of thiophene rings is 1. The molecule has 0 aliphatic rings. The molecule has 0 spiro atoms. The van der Waals surface area contributed by atoms with Gasteiger partial charge in [-0.15, -0.1) is 11.3 Å². The molecule has 0 unspecified atom stereocenters. The molecule has 0 aliphatic heterocycles. The average molecular weight is 316 g/mol. The van der Waals surface area contributed by atoms with Crippen LogP contribution in [-0.4, -0.2) is 21.5 Å². The van der Waals surface area contributed by atoms with Crippen molar-refractivity contribution in [2.45, 2.75) is 12.1 Å². The molecule has 0 amide bonds. The molecule has 0 aliphatic carbocycles. The normalized spacial score (nSPS) is 10.9. The molecule has 4 nitrogen and oxygen atoms in total. The van der Waals surface area contributed by atoms with Crippen LogP contribution in [0.2, 0.25) is 0 Å². The zero-order chi connectivity index (χ0) is 14.8. The van der Waals surface area contributed by atoms with Gasteiger partial charge in [-0.05, 0) is 17.9 Å². The number of rotatable bonds is 4. The molecule has 3 rings (SSSR count). The summed E-state index contributed by atoms with van der Waals surface area (Å²) in [7, 11) is 0. The third kappa shape index (κ3) is 2.91. The molecule has 0 saturated carbocycles. The zero-order valence-corrected chi connectivity index (χ0v) is 12.9. The Labute approximate surface area is 129 Å². The van der Waals surface area contributed by atoms with E-state index in [1.807, 2.05) is 30.5 Å². The van der Waals surface area contributed by atoms with Gasteiger partial charge in [0.05, 0.1) is 11.1 Å². The number of Topliss-reactive ketones (excluding diaryl/α,β-unsaturated/α-hetero) is 1. The van der Waals surface area contributed by atoms with Crippen molar-refractivity contribution in [1.82, 2.24) is 9.97 Å². The van der Waals surface area contributed by atoms with Crippen molar-refractivity contribution in [2.75, 3.05) is 5.75 Å². The van der Waals surface area contributed by atoms with Crippen molar-refractivity contribution < 1.29 is 4.79 Å². The Morgan fingerprint density at radius 1 is 1.33 bits per heavy atom. The van der Waals surface area contributed by atoms with Crippen molar-refractivity contribution in [3.05, 3.63) is 57.2 Å². The van der Waals surface area contributed by atoms with Crippen LogP contribution in [0.25, 0.3) is 10.2 Å². The zero-order valence-electron chi connectivity index (χ0n) is 11.3. The van der Waals surface area contributed by atoms with E-state index in [1.165, 1.54) is 23.1 Å². The maximum Gasteiger partial charge on any atom is 0.260 e. The van der Waals surface area contributed by atoms with Gasteiger partial charge in [-0.1, -0.05) is 42.1 Å². The molecule has 0 saturated heterocycles. The van der Waals surface area contributed by atoms with E-state index >= 15 is 0 Å². The quantitative estimate of drug-likeness (QED) is 0.456. The van der Waals surface area contributed by atoms with E-state index in [0.717, 1.165) is 5.56 Å². The predicted octanol–water partition coefficient (Wildman–Crippen LogP) is 3.27. The van der Waals surface area contributed by atoms with Crippen molar-refractivity contribution in [1.29, 1.82) is 0 Å². The summed E-state index contributed by atoms with van der Waals surface area (Å²) in [6, 6.07) is 9.10. The van der Waals surface area contributed by atoms with Gasteiger partial charge in [-0.25, -0.2) is 4.98 Å². The third-order valence-electron chi connectivity index (χ3n) is 3.04. The predicted molar refractivity (Wildman–Crippen MR) is 86.5 cm³/mol. The SMILES string of the molecule is Cc1csc2nc(SCC(=O)c3ccccc3)[nH]c(=O)c12. The Balaban J connectivity index is 1.80. The van der Waals surface area contributed by atoms with Crippen LogP contribution in [0.3, 0.4) is 0 Å². The second-order valence-electron chi connectivity index (χ2n) is 4.55. The van der Waals surface area contributed by atoms with Crippen LogP contribution in [0.1, 0.15) is 15.9 Å². The Hall–Kier alpha value is -1.92. The smallest absolute Gasteiger partial charge is 0.260 e. The summed E-state index contributed by atoms with van der Waals surface area (Å²) in [6.45, 7) is 1.89. The first-order valence-corrected chi connectivity index (χ1v) is 8.21. The monoisotopic (exact) mass is 316 g/mol. The summed E-state index contributed by atoms with van der Waals surface area (Å²) in [4.78, 5) is 31.9. The number of aryl methyl sites for hydroxylation is 1. The van der Waals surface area contributed by atoms with Gasteiger partial charge in [0.15, 0.2) is 10.9 Å². The van der Waals surface area contributed by atoms with E-state index in [9.17, 15) is 9.59 Å². The lowest BCUT2D eigenvalue weighted by Gasteiger charge is -2.01. The number of nitrogens with one attached hydrogen (secondary N) is 1. The molecule has 0 atom stereocenters. The van der Waals surface area contributed by atoms with Crippen LogP contribution in [0.15, 0.2) is 45.7 Å². The highest BCUT2D eigenvalue weighted by Crippen LogP contribution is 2.22. The summed E-state index contributed by atoms with van der Waals surface area (Å²) in [5.74, 6) is 0.272. The van der Waals surface area contributed by atoms with Gasteiger partial charge < -0.3 is 4.98 Å². The van der Waals surface area contributed by atoms with Crippen molar-refractivity contribution in [3.63, 3.8) is 0 Å². The Morgan fingerprint density at radius 2 is 2.10 bits per heavy atom. The van der Waals surface area contributed by atoms with Gasteiger partial charge in [0.25, 0.3) is 5.56 Å². The molecule has 3 aromatic rings. The minimum absolute atomic E-state index is 0.0192. The van der Waals surface area contributed by atoms with Crippen LogP contribution in [0.5, 0.6) is 0 Å². The molecule has 106 valence electrons. The number of thioether (sulfide) groups is 1. The van der Waals surface area contributed by atoms with Crippen LogP contribution in [0, 0.1) is 6.92 Å². The van der Waals surface area contributed by atoms with Gasteiger partial charge in [-0.2, -0.15) is 0 Å². The molecule has 1 aromatic carbocycles. The molecule has 1 N–H and O–H groups in total. The van der Waals surface area contributed by atoms with Crippen LogP contribution >= 0.6 is 23.1 Å². The van der Waals surface area contributed by atoms with E-state index in [0.29, 0.717) is 20.9 Å². The molecule has 2 heterocycles. The number of hydrogen-bond donors (Lipinski definition) is 1. The molecular formula is C15H12N2O2S2. The van der Waals surface area contributed by atoms with Gasteiger partial charge in [0.1, 0.15) is 4.83 Å². The van der Waals surface area contributed by atoms with E-state index in [-0.39, 0.29) is 17.1 Å². The Morgan fingerprint density at radius 3 is 2.86 bits per heavy atom. The number of benzene rings is 1. The molecule has 21 heavy (non-hydrogen) atoms. The molecule has 0 fully saturated rings. The van der Waals surface area contributed by atoms with Crippen molar-refractivity contribution in [2.24, 2.45) is 0 Å². The number of H-pyrrole nitrogens is 1. The van der Waals surface area contributed by atoms with E-state index in [2.05, 4.69) is 9.97 Å². The summed E-state index contributed by atoms with van der Waals surface area (Å²) in [6.07, 6.45) is 0. The first-order chi connectivity index (χ1) is 10.1. The minimum atomic E-state index is -0.145. The summed E-state index contributed by atoms with van der Waals surface area (Å²) in [5.41, 5.74) is 1.45. The van der Waals surface area contributed by atoms with Crippen molar-refractivity contribution >= 4 is 39.1 Å². The highest BCUT2D eigenvalue weighted by atomic mass is 32.2. The van der Waals surface area contributed by atoms with E-state index in [4.69, 9.17) is 0 Å². The number of ketones is 1. The van der Waals surface area contributed by atoms with E-state index < -0.39 is 0 Å². The number of nitrogens with zero attached hydrogens (tertiary/aromatic N) is 1. The van der Waals surface area contributed by atoms with Crippen LogP contribution in [-0.2, 0) is 0 Å². The molecule has 2 aromatic heterocycles. The first-order valence-electron chi connectivity index (χ1n) is 6.34. The van der Waals surface area contributed by atoms with Crippen LogP contribution < -0.4 is 5.56 Å². The minimum Gasteiger partial charge on any atom is -0.301 e. The first kappa shape index (κ1) is 14.0. The Kier molecular flexibility index (Phi) is 3.90. The second kappa shape index (κ2) is 5.83. The molecule has 0 bridgehead atoms. The summed E-state index contributed by atoms with van der Waals surface area (Å²) < 4.78 is 0. The van der Waals surface area contributed by atoms with Gasteiger partial charge in [-0.3, -0.25) is 9.59 Å². The molecule has 6 heteroatoms. The van der Waals surface area contributed by atoms with Gasteiger partial charge in [0.2, 0.25) is 0 Å². The van der Waals surface area contributed by atoms with Gasteiger partial charge >= 0.3 is 0 Å². The number of carbonyl (C=O) groups excluding carboxylic acids is 1. The highest BCUT2D eigenvalue weighted by Gasteiger charge is 2.11. The summed E-state index contributed by atoms with van der Waals surface area (Å²) >= 11 is 2.70. The fourth-order valence-corrected chi connectivity index (χ4v) is 3.71. The topological polar surface area (TPSA) is 62.8 Å². The summed E-state index contributed by atoms with van der Waals surface area (Å²) in [5, 5.41) is 3.04. The Bertz CT molecular complexity index is 853. The highest BCUT2D eigenvalue weighted by molar-refractivity contribution is 7.99. The number of aromatic nitrogens is 2. The lowest BCUT2D eigenvalue weighted by molar-refractivity contribution is 0.102. The molecule has 0 radical (unpaired) electrons. The van der Waals surface area contributed by atoms with Crippen LogP contribution in [0.4, 0.5) is 0 Å². The lowest BCUT2D eigenvalue weighted by atomic mass is 10.2. The largest absolute Gasteiger partial charge is 0.301 e. The van der Waals surface area contributed by atoms with E-state index in [1.54, 1.807) is 12.1 Å². The maximum absolute atomic E-state index is 12.0. The number of hydrogen-bond acceptors (Lipinski definition) is 5. The lowest BCUT2D eigenvalue weighted by Crippen LogP contribution is -2.10. The number of fused-ring (bicyclic) bond motifs is 1. The third-order valence-corrected chi connectivity index (χ3v) is 4.91.